The van der Waals surface area contributed by atoms with Crippen molar-refractivity contribution in [3.8, 4) is 0 Å². The Morgan fingerprint density at radius 3 is 2.30 bits per heavy atom. The number of carbonyl (C=O) groups is 1. The van der Waals surface area contributed by atoms with Crippen molar-refractivity contribution < 1.29 is 22.5 Å². The van der Waals surface area contributed by atoms with Crippen LogP contribution in [-0.4, -0.2) is 26.9 Å². The number of rotatable bonds is 5. The second kappa shape index (κ2) is 6.97. The standard InChI is InChI=1S/C14H20O5S/c1-10-5-7-11(8-6-10)12(9-18-20(16)17)13(15)19-14(2,3)4/h5-8,12H,9H2,1-4H3,(H,16,17)/p-1/t12-/m1/s1. The van der Waals surface area contributed by atoms with Crippen LogP contribution in [-0.2, 0) is 25.1 Å². The minimum Gasteiger partial charge on any atom is -0.750 e. The lowest BCUT2D eigenvalue weighted by Crippen LogP contribution is -2.30. The van der Waals surface area contributed by atoms with Crippen LogP contribution < -0.4 is 0 Å². The molecule has 0 aromatic heterocycles. The SMILES string of the molecule is Cc1ccc([C@@H](COS(=O)[O-])C(=O)OC(C)(C)C)cc1. The van der Waals surface area contributed by atoms with E-state index in [2.05, 4.69) is 4.18 Å². The predicted octanol–water partition coefficient (Wildman–Crippen LogP) is 2.23. The molecule has 0 saturated heterocycles. The Balaban J connectivity index is 2.92. The number of ether oxygens (including phenoxy) is 1. The molecule has 1 rings (SSSR count). The molecular formula is C14H19O5S-. The lowest BCUT2D eigenvalue weighted by Gasteiger charge is -2.24. The van der Waals surface area contributed by atoms with Gasteiger partial charge in [-0.15, -0.1) is 0 Å². The summed E-state index contributed by atoms with van der Waals surface area (Å²) in [6, 6.07) is 7.23. The number of hydrogen-bond donors (Lipinski definition) is 0. The highest BCUT2D eigenvalue weighted by Gasteiger charge is 2.27. The molecule has 112 valence electrons. The normalized spacial score (nSPS) is 14.7. The highest BCUT2D eigenvalue weighted by molar-refractivity contribution is 7.74. The number of hydrogen-bond acceptors (Lipinski definition) is 5. The molecular weight excluding hydrogens is 280 g/mol. The number of aryl methyl sites for hydroxylation is 1. The van der Waals surface area contributed by atoms with Crippen LogP contribution in [0, 0.1) is 6.92 Å². The Bertz CT molecular complexity index is 475. The van der Waals surface area contributed by atoms with Gasteiger partial charge < -0.3 is 9.29 Å². The molecule has 0 heterocycles. The maximum atomic E-state index is 12.2. The molecule has 1 unspecified atom stereocenters. The van der Waals surface area contributed by atoms with E-state index in [1.165, 1.54) is 0 Å². The third-order valence-corrected chi connectivity index (χ3v) is 2.83. The van der Waals surface area contributed by atoms with E-state index in [4.69, 9.17) is 4.74 Å². The van der Waals surface area contributed by atoms with E-state index >= 15 is 0 Å². The highest BCUT2D eigenvalue weighted by Crippen LogP contribution is 2.22. The minimum atomic E-state index is -2.66. The second-order valence-electron chi connectivity index (χ2n) is 5.49. The molecule has 2 atom stereocenters. The van der Waals surface area contributed by atoms with Gasteiger partial charge in [0.05, 0.1) is 18.0 Å². The Kier molecular flexibility index (Phi) is 5.86. The van der Waals surface area contributed by atoms with Gasteiger partial charge in [-0.25, -0.2) is 4.21 Å². The summed E-state index contributed by atoms with van der Waals surface area (Å²) in [6.45, 7) is 6.92. The first-order valence-electron chi connectivity index (χ1n) is 6.21. The fourth-order valence-electron chi connectivity index (χ4n) is 1.60. The Morgan fingerprint density at radius 2 is 1.85 bits per heavy atom. The van der Waals surface area contributed by atoms with E-state index < -0.39 is 28.8 Å². The number of carbonyl (C=O) groups excluding carboxylic acids is 1. The number of esters is 1. The molecule has 0 amide bonds. The molecule has 0 saturated carbocycles. The Labute approximate surface area is 121 Å². The summed E-state index contributed by atoms with van der Waals surface area (Å²) >= 11 is -2.66. The van der Waals surface area contributed by atoms with Crippen LogP contribution in [0.4, 0.5) is 0 Å². The van der Waals surface area contributed by atoms with Gasteiger partial charge in [0.2, 0.25) is 0 Å². The van der Waals surface area contributed by atoms with Gasteiger partial charge in [0, 0.05) is 0 Å². The first kappa shape index (κ1) is 16.8. The lowest BCUT2D eigenvalue weighted by molar-refractivity contribution is -0.157. The zero-order chi connectivity index (χ0) is 15.3. The first-order chi connectivity index (χ1) is 9.19. The van der Waals surface area contributed by atoms with Crippen molar-refractivity contribution in [2.24, 2.45) is 0 Å². The fourth-order valence-corrected chi connectivity index (χ4v) is 1.84. The van der Waals surface area contributed by atoms with E-state index in [9.17, 15) is 13.6 Å². The van der Waals surface area contributed by atoms with Gasteiger partial charge in [-0.1, -0.05) is 29.8 Å². The van der Waals surface area contributed by atoms with Crippen LogP contribution in [0.15, 0.2) is 24.3 Å². The van der Waals surface area contributed by atoms with Crippen LogP contribution in [0.5, 0.6) is 0 Å². The van der Waals surface area contributed by atoms with Crippen LogP contribution in [0.2, 0.25) is 0 Å². The van der Waals surface area contributed by atoms with Gasteiger partial charge in [0.1, 0.15) is 11.5 Å². The molecule has 1 aromatic carbocycles. The van der Waals surface area contributed by atoms with Crippen molar-refractivity contribution in [3.63, 3.8) is 0 Å². The maximum absolute atomic E-state index is 12.2. The summed E-state index contributed by atoms with van der Waals surface area (Å²) in [6.07, 6.45) is 0. The summed E-state index contributed by atoms with van der Waals surface area (Å²) in [5.41, 5.74) is 1.07. The van der Waals surface area contributed by atoms with E-state index in [0.717, 1.165) is 5.56 Å². The molecule has 20 heavy (non-hydrogen) atoms. The van der Waals surface area contributed by atoms with E-state index in [0.29, 0.717) is 5.56 Å². The monoisotopic (exact) mass is 299 g/mol. The molecule has 0 aliphatic rings. The van der Waals surface area contributed by atoms with Gasteiger partial charge in [-0.3, -0.25) is 8.98 Å². The zero-order valence-corrected chi connectivity index (χ0v) is 12.9. The molecule has 6 heteroatoms. The fraction of sp³-hybridized carbons (Fsp3) is 0.500. The summed E-state index contributed by atoms with van der Waals surface area (Å²) in [4.78, 5) is 12.2. The second-order valence-corrected chi connectivity index (χ2v) is 6.13. The summed E-state index contributed by atoms with van der Waals surface area (Å²) in [7, 11) is 0. The van der Waals surface area contributed by atoms with Gasteiger partial charge >= 0.3 is 5.97 Å². The third kappa shape index (κ3) is 5.81. The lowest BCUT2D eigenvalue weighted by atomic mass is 9.99. The average Bonchev–Trinajstić information content (AvgIpc) is 2.29. The average molecular weight is 299 g/mol. The quantitative estimate of drug-likeness (QED) is 0.615. The van der Waals surface area contributed by atoms with E-state index in [-0.39, 0.29) is 6.61 Å². The molecule has 5 nitrogen and oxygen atoms in total. The molecule has 0 radical (unpaired) electrons. The van der Waals surface area contributed by atoms with Crippen molar-refractivity contribution in [1.82, 2.24) is 0 Å². The first-order valence-corrected chi connectivity index (χ1v) is 7.21. The zero-order valence-electron chi connectivity index (χ0n) is 12.0. The predicted molar refractivity (Wildman–Crippen MR) is 74.6 cm³/mol. The van der Waals surface area contributed by atoms with Gasteiger partial charge in [0.25, 0.3) is 0 Å². The topological polar surface area (TPSA) is 75.7 Å². The minimum absolute atomic E-state index is 0.270. The molecule has 1 aromatic rings. The summed E-state index contributed by atoms with van der Waals surface area (Å²) < 4.78 is 30.9. The Morgan fingerprint density at radius 1 is 1.30 bits per heavy atom. The largest absolute Gasteiger partial charge is 0.750 e. The van der Waals surface area contributed by atoms with Crippen LogP contribution >= 0.6 is 0 Å². The van der Waals surface area contributed by atoms with Gasteiger partial charge in [-0.2, -0.15) is 0 Å². The highest BCUT2D eigenvalue weighted by atomic mass is 32.2. The van der Waals surface area contributed by atoms with Crippen LogP contribution in [0.25, 0.3) is 0 Å². The van der Waals surface area contributed by atoms with E-state index in [1.807, 2.05) is 19.1 Å². The van der Waals surface area contributed by atoms with Crippen molar-refractivity contribution >= 4 is 17.3 Å². The molecule has 0 N–H and O–H groups in total. The number of benzene rings is 1. The van der Waals surface area contributed by atoms with Crippen LogP contribution in [0.1, 0.15) is 37.8 Å². The molecule has 0 spiro atoms. The van der Waals surface area contributed by atoms with Crippen molar-refractivity contribution in [2.75, 3.05) is 6.61 Å². The van der Waals surface area contributed by atoms with Crippen molar-refractivity contribution in [2.45, 2.75) is 39.2 Å². The van der Waals surface area contributed by atoms with Crippen LogP contribution in [0.3, 0.4) is 0 Å². The van der Waals surface area contributed by atoms with Crippen molar-refractivity contribution in [1.29, 1.82) is 0 Å². The smallest absolute Gasteiger partial charge is 0.316 e. The van der Waals surface area contributed by atoms with E-state index in [1.54, 1.807) is 32.9 Å². The Hall–Kier alpha value is -1.24. The van der Waals surface area contributed by atoms with Crippen molar-refractivity contribution in [3.05, 3.63) is 35.4 Å². The molecule has 0 fully saturated rings. The van der Waals surface area contributed by atoms with Gasteiger partial charge in [-0.05, 0) is 33.3 Å². The summed E-state index contributed by atoms with van der Waals surface area (Å²) in [5, 5.41) is 0. The molecule has 0 aliphatic carbocycles. The third-order valence-electron chi connectivity index (χ3n) is 2.50. The van der Waals surface area contributed by atoms with Gasteiger partial charge in [0.15, 0.2) is 0 Å². The molecule has 0 aliphatic heterocycles. The molecule has 0 bridgehead atoms. The summed E-state index contributed by atoms with van der Waals surface area (Å²) in [5.74, 6) is -1.28. The maximum Gasteiger partial charge on any atom is 0.316 e.